The maximum Gasteiger partial charge on any atom is 0.326 e. The fourth-order valence-corrected chi connectivity index (χ4v) is 5.50. The second kappa shape index (κ2) is 10.7. The van der Waals surface area contributed by atoms with Crippen LogP contribution in [0.4, 0.5) is 0 Å². The van der Waals surface area contributed by atoms with Gasteiger partial charge in [-0.3, -0.25) is 14.4 Å². The lowest BCUT2D eigenvalue weighted by atomic mass is 9.90. The second-order valence-corrected chi connectivity index (χ2v) is 9.84. The summed E-state index contributed by atoms with van der Waals surface area (Å²) in [4.78, 5) is 53.0. The van der Waals surface area contributed by atoms with Crippen LogP contribution in [0.3, 0.4) is 0 Å². The number of nitrogens with one attached hydrogen (secondary N) is 1. The summed E-state index contributed by atoms with van der Waals surface area (Å²) in [6.07, 6.45) is -1.93. The molecule has 39 heavy (non-hydrogen) atoms. The first-order chi connectivity index (χ1) is 18.8. The highest BCUT2D eigenvalue weighted by molar-refractivity contribution is 6.06. The summed E-state index contributed by atoms with van der Waals surface area (Å²) in [6.45, 7) is 1.55. The topological polar surface area (TPSA) is 133 Å². The van der Waals surface area contributed by atoms with Crippen molar-refractivity contribution in [3.8, 4) is 0 Å². The van der Waals surface area contributed by atoms with Crippen LogP contribution in [0.2, 0.25) is 0 Å². The highest BCUT2D eigenvalue weighted by Crippen LogP contribution is 2.40. The zero-order chi connectivity index (χ0) is 27.7. The van der Waals surface area contributed by atoms with Crippen molar-refractivity contribution < 1.29 is 34.1 Å². The molecule has 3 aromatic carbocycles. The van der Waals surface area contributed by atoms with Crippen LogP contribution in [0.15, 0.2) is 91.0 Å². The predicted molar refractivity (Wildman–Crippen MR) is 139 cm³/mol. The molecule has 0 saturated carbocycles. The van der Waals surface area contributed by atoms with E-state index in [0.717, 1.165) is 16.0 Å². The molecule has 3 aromatic rings. The Morgan fingerprint density at radius 3 is 1.82 bits per heavy atom. The van der Waals surface area contributed by atoms with Gasteiger partial charge in [0.1, 0.15) is 12.1 Å². The number of amides is 2. The quantitative estimate of drug-likeness (QED) is 0.232. The Balaban J connectivity index is 1.42. The first-order valence-electron chi connectivity index (χ1n) is 12.7. The first kappa shape index (κ1) is 26.1. The first-order valence-corrected chi connectivity index (χ1v) is 12.7. The molecular formula is C30H28N2O7. The van der Waals surface area contributed by atoms with E-state index < -0.39 is 65.9 Å². The van der Waals surface area contributed by atoms with Gasteiger partial charge in [-0.15, -0.1) is 0 Å². The van der Waals surface area contributed by atoms with Gasteiger partial charge in [-0.2, -0.15) is 0 Å². The van der Waals surface area contributed by atoms with E-state index in [2.05, 4.69) is 5.32 Å². The van der Waals surface area contributed by atoms with Gasteiger partial charge < -0.3 is 25.2 Å². The Morgan fingerprint density at radius 2 is 1.33 bits per heavy atom. The van der Waals surface area contributed by atoms with Gasteiger partial charge in [0.2, 0.25) is 11.8 Å². The van der Waals surface area contributed by atoms with Gasteiger partial charge in [-0.25, -0.2) is 4.79 Å². The van der Waals surface area contributed by atoms with Gasteiger partial charge in [0.15, 0.2) is 12.0 Å². The van der Waals surface area contributed by atoms with Crippen molar-refractivity contribution in [2.24, 2.45) is 5.92 Å². The predicted octanol–water partition coefficient (Wildman–Crippen LogP) is 2.26. The van der Waals surface area contributed by atoms with E-state index >= 15 is 0 Å². The summed E-state index contributed by atoms with van der Waals surface area (Å²) < 4.78 is 5.97. The molecule has 200 valence electrons. The van der Waals surface area contributed by atoms with E-state index in [1.807, 2.05) is 60.7 Å². The van der Waals surface area contributed by atoms with Crippen LogP contribution in [-0.4, -0.2) is 63.1 Å². The number of fused-ring (bicyclic) bond motifs is 1. The average molecular weight is 529 g/mol. The van der Waals surface area contributed by atoms with E-state index in [1.54, 1.807) is 37.3 Å². The molecule has 0 aliphatic carbocycles. The van der Waals surface area contributed by atoms with Crippen molar-refractivity contribution in [3.05, 3.63) is 108 Å². The van der Waals surface area contributed by atoms with Gasteiger partial charge in [-0.05, 0) is 16.7 Å². The number of esters is 1. The van der Waals surface area contributed by atoms with Gasteiger partial charge in [0.05, 0.1) is 12.1 Å². The number of hydrogen-bond donors (Lipinski definition) is 3. The maximum atomic E-state index is 13.7. The third-order valence-electron chi connectivity index (χ3n) is 7.49. The number of β-lactam (4-membered cyclic amide) rings is 1. The number of carbonyl (C=O) groups excluding carboxylic acids is 3. The van der Waals surface area contributed by atoms with E-state index in [1.165, 1.54) is 0 Å². The minimum atomic E-state index is -1.41. The van der Waals surface area contributed by atoms with Gasteiger partial charge in [0.25, 0.3) is 0 Å². The van der Waals surface area contributed by atoms with Gasteiger partial charge >= 0.3 is 11.9 Å². The molecule has 9 heteroatoms. The number of carbonyl (C=O) groups is 4. The van der Waals surface area contributed by atoms with E-state index in [-0.39, 0.29) is 0 Å². The number of carboxylic acids is 1. The summed E-state index contributed by atoms with van der Waals surface area (Å²) in [5.41, 5.74) is 1.81. The molecule has 5 unspecified atom stereocenters. The molecule has 0 spiro atoms. The molecule has 0 aromatic heterocycles. The fourth-order valence-electron chi connectivity index (χ4n) is 5.50. The zero-order valence-corrected chi connectivity index (χ0v) is 21.1. The number of aliphatic hydroxyl groups excluding tert-OH is 1. The van der Waals surface area contributed by atoms with Gasteiger partial charge in [-0.1, -0.05) is 97.9 Å². The van der Waals surface area contributed by atoms with Crippen molar-refractivity contribution in [3.63, 3.8) is 0 Å². The number of aliphatic hydroxyl groups is 1. The highest BCUT2D eigenvalue weighted by Gasteiger charge is 2.64. The lowest BCUT2D eigenvalue weighted by molar-refractivity contribution is -0.164. The Bertz CT molecular complexity index is 1330. The molecule has 0 radical (unpaired) electrons. The van der Waals surface area contributed by atoms with Crippen LogP contribution in [0.25, 0.3) is 0 Å². The third kappa shape index (κ3) is 4.77. The van der Waals surface area contributed by atoms with Crippen molar-refractivity contribution in [2.45, 2.75) is 43.2 Å². The molecule has 9 nitrogen and oxygen atoms in total. The number of carboxylic acid groups (broad SMARTS) is 1. The molecule has 3 N–H and O–H groups in total. The summed E-state index contributed by atoms with van der Waals surface area (Å²) in [6, 6.07) is 23.4. The summed E-state index contributed by atoms with van der Waals surface area (Å²) in [5.74, 6) is -5.55. The third-order valence-corrected chi connectivity index (χ3v) is 7.49. The Labute approximate surface area is 225 Å². The minimum absolute atomic E-state index is 0.368. The monoisotopic (exact) mass is 528 g/mol. The van der Waals surface area contributed by atoms with E-state index in [0.29, 0.717) is 5.56 Å². The Morgan fingerprint density at radius 1 is 0.846 bits per heavy atom. The lowest BCUT2D eigenvalue weighted by Gasteiger charge is -2.45. The molecule has 2 aliphatic rings. The second-order valence-electron chi connectivity index (χ2n) is 9.84. The van der Waals surface area contributed by atoms with Crippen LogP contribution in [-0.2, 0) is 23.9 Å². The highest BCUT2D eigenvalue weighted by atomic mass is 16.5. The Kier molecular flexibility index (Phi) is 7.17. The molecule has 0 bridgehead atoms. The molecule has 5 rings (SSSR count). The van der Waals surface area contributed by atoms with Gasteiger partial charge in [0, 0.05) is 5.92 Å². The van der Waals surface area contributed by atoms with Crippen molar-refractivity contribution in [1.82, 2.24) is 10.2 Å². The molecule has 2 heterocycles. The average Bonchev–Trinajstić information content (AvgIpc) is 3.19. The van der Waals surface area contributed by atoms with E-state index in [9.17, 15) is 29.4 Å². The maximum absolute atomic E-state index is 13.7. The molecule has 2 saturated heterocycles. The number of nitrogens with zero attached hydrogens (tertiary/aromatic N) is 1. The smallest absolute Gasteiger partial charge is 0.326 e. The van der Waals surface area contributed by atoms with Crippen LogP contribution in [0.1, 0.15) is 35.6 Å². The molecule has 2 amide bonds. The van der Waals surface area contributed by atoms with E-state index in [4.69, 9.17) is 4.74 Å². The standard InChI is InChI=1S/C30H28N2O7/c1-17-23(29(36)37)32-24(25(17)33)22(28(32)35)31-27(34)21(18-11-5-2-6-12-18)30(38)39-26(19-13-7-3-8-14-19)20-15-9-4-10-16-20/h2-17,21-26,33H,1H3,(H,31,34)(H,36,37)/t17?,21?,22?,23?,24-,25?/m0/s1. The number of hydrogen-bond acceptors (Lipinski definition) is 6. The van der Waals surface area contributed by atoms with Crippen LogP contribution in [0.5, 0.6) is 0 Å². The number of benzene rings is 3. The van der Waals surface area contributed by atoms with Crippen molar-refractivity contribution in [1.29, 1.82) is 0 Å². The minimum Gasteiger partial charge on any atom is -0.480 e. The number of aliphatic carboxylic acids is 1. The summed E-state index contributed by atoms with van der Waals surface area (Å²) >= 11 is 0. The molecule has 2 fully saturated rings. The lowest BCUT2D eigenvalue weighted by Crippen LogP contribution is -2.73. The number of rotatable bonds is 8. The zero-order valence-electron chi connectivity index (χ0n) is 21.1. The Hall–Kier alpha value is -4.50. The largest absolute Gasteiger partial charge is 0.480 e. The molecular weight excluding hydrogens is 500 g/mol. The summed E-state index contributed by atoms with van der Waals surface area (Å²) in [5, 5.41) is 22.8. The molecule has 2 aliphatic heterocycles. The van der Waals surface area contributed by atoms with Crippen molar-refractivity contribution >= 4 is 23.8 Å². The van der Waals surface area contributed by atoms with Crippen LogP contribution in [0, 0.1) is 5.92 Å². The SMILES string of the molecule is CC1C(O)[C@@H]2C(NC(=O)C(C(=O)OC(c3ccccc3)c3ccccc3)c3ccccc3)C(=O)N2C1C(=O)O. The van der Waals surface area contributed by atoms with Crippen LogP contribution >= 0.6 is 0 Å². The molecule has 6 atom stereocenters. The summed E-state index contributed by atoms with van der Waals surface area (Å²) in [7, 11) is 0. The van der Waals surface area contributed by atoms with Crippen molar-refractivity contribution in [2.75, 3.05) is 0 Å². The fraction of sp³-hybridized carbons (Fsp3) is 0.267. The normalized spacial score (nSPS) is 24.4. The number of ether oxygens (including phenoxy) is 1. The van der Waals surface area contributed by atoms with Crippen LogP contribution < -0.4 is 5.32 Å².